The van der Waals surface area contributed by atoms with Crippen LogP contribution in [0.4, 0.5) is 0 Å². The average molecular weight is 1030 g/mol. The van der Waals surface area contributed by atoms with Gasteiger partial charge in [-0.2, -0.15) is 0 Å². The van der Waals surface area contributed by atoms with Crippen LogP contribution in [-0.2, 0) is 24.9 Å². The molecule has 0 amide bonds. The van der Waals surface area contributed by atoms with Crippen molar-refractivity contribution in [2.75, 3.05) is 0 Å². The number of hydrogen-bond acceptors (Lipinski definition) is 6. The number of rotatable bonds is 10. The van der Waals surface area contributed by atoms with E-state index < -0.39 is 13.3 Å². The topological polar surface area (TPSA) is 89.1 Å². The molecule has 0 atom stereocenters. The Hall–Kier alpha value is -4.17. The molecule has 0 aliphatic heterocycles. The number of pyridine rings is 1. The molecule has 0 aliphatic carbocycles. The van der Waals surface area contributed by atoms with E-state index in [0.717, 1.165) is 92.4 Å². The number of aliphatic hydroxyl groups is 1. The van der Waals surface area contributed by atoms with Crippen molar-refractivity contribution in [3.05, 3.63) is 107 Å². The molecular weight excluding hydrogens is 967 g/mol. The Kier molecular flexibility index (Phi) is 13.9. The van der Waals surface area contributed by atoms with E-state index in [1.54, 1.807) is 4.40 Å². The molecule has 3 heterocycles. The Bertz CT molecular complexity index is 2700. The van der Waals surface area contributed by atoms with E-state index in [9.17, 15) is 9.90 Å². The molecule has 0 unspecified atom stereocenters. The van der Waals surface area contributed by atoms with Crippen LogP contribution in [0.3, 0.4) is 0 Å². The van der Waals surface area contributed by atoms with Crippen LogP contribution in [0, 0.1) is 44.6 Å². The van der Waals surface area contributed by atoms with Gasteiger partial charge in [0.1, 0.15) is 5.76 Å². The molecule has 7 aromatic rings. The van der Waals surface area contributed by atoms with Crippen LogP contribution in [0.15, 0.2) is 83.1 Å². The molecule has 8 heteroatoms. The number of aryl methyl sites for hydroxylation is 4. The molecule has 0 aliphatic rings. The molecule has 0 fully saturated rings. The summed E-state index contributed by atoms with van der Waals surface area (Å²) in [6.45, 7) is 20.6. The molecule has 7 rings (SSSR count). The van der Waals surface area contributed by atoms with E-state index in [-0.39, 0.29) is 42.5 Å². The first-order valence-corrected chi connectivity index (χ1v) is 28.2. The number of aliphatic hydroxyl groups excluding tert-OH is 1. The maximum Gasteiger partial charge on any atom is 0.0349 e. The summed E-state index contributed by atoms with van der Waals surface area (Å²) in [7, 11) is 0. The second-order valence-electron chi connectivity index (χ2n) is 17.6. The standard InChI is InChI=1S/C36H32GeN3O.C15H28O2.Ir/c1-20-17-25-14-16-29-34(39-23(4)40-35(29)32(25)22(3)33(20)37(5,6)7)30-10-8-9-28-27-15-13-24(18-31(27)41-36(28)30)26-12-11-21(2)38-19-26;1-7-14(5,8-2)12(16)11-13(17)15(6,9-3)10-4;/h8-9,11-19H,1-7H3;11,16H,7-10H2,1-6H3;/q-1;;/b;12-11-;. The molecule has 0 bridgehead atoms. The number of nitrogens with zero attached hydrogens (tertiary/aromatic N) is 3. The Labute approximate surface area is 367 Å². The number of fused-ring (bicyclic) bond motifs is 6. The first-order chi connectivity index (χ1) is 27.4. The number of allylic oxidation sites excluding steroid dienone is 2. The molecule has 59 heavy (non-hydrogen) atoms. The summed E-state index contributed by atoms with van der Waals surface area (Å²) in [5.74, 6) is 8.44. The smallest absolute Gasteiger partial charge is 0.0349 e. The molecule has 0 saturated carbocycles. The molecule has 1 N–H and O–H groups in total. The number of carbonyl (C=O) groups excluding carboxylic acids is 1. The fraction of sp³-hybridized carbons (Fsp3) is 0.373. The van der Waals surface area contributed by atoms with E-state index in [0.29, 0.717) is 0 Å². The van der Waals surface area contributed by atoms with Gasteiger partial charge in [-0.25, -0.2) is 0 Å². The van der Waals surface area contributed by atoms with Crippen molar-refractivity contribution >= 4 is 67.1 Å². The first-order valence-electron chi connectivity index (χ1n) is 20.9. The summed E-state index contributed by atoms with van der Waals surface area (Å²) >= 11 is -2.13. The van der Waals surface area contributed by atoms with Gasteiger partial charge in [-0.15, -0.1) is 0 Å². The zero-order valence-corrected chi connectivity index (χ0v) is 41.7. The number of hydrogen-bond donors (Lipinski definition) is 1. The third kappa shape index (κ3) is 8.85. The maximum atomic E-state index is 12.2. The molecule has 311 valence electrons. The SMILES string of the molecule is CCC(C)(CC)C(=O)/C=C(\O)C(C)(CC)CC.Cc1ccc(-c2ccc3c(c2)oc2c(-c4nc(C)nc5c4ccc4cc(C)[c]([Ge]([CH3])([CH3])[CH3])c(C)c45)[c-]ccc23)cn1.[Ir]. The molecule has 4 aromatic carbocycles. The summed E-state index contributed by atoms with van der Waals surface area (Å²) < 4.78 is 8.16. The molecule has 6 nitrogen and oxygen atoms in total. The van der Waals surface area contributed by atoms with Crippen molar-refractivity contribution in [3.8, 4) is 22.4 Å². The van der Waals surface area contributed by atoms with Crippen LogP contribution >= 0.6 is 0 Å². The zero-order valence-electron chi connectivity index (χ0n) is 37.2. The minimum atomic E-state index is -2.13. The number of ketones is 1. The third-order valence-corrected chi connectivity index (χ3v) is 17.6. The van der Waals surface area contributed by atoms with Gasteiger partial charge in [0, 0.05) is 54.5 Å². The average Bonchev–Trinajstić information content (AvgIpc) is 3.57. The van der Waals surface area contributed by atoms with E-state index in [2.05, 4.69) is 90.7 Å². The van der Waals surface area contributed by atoms with Crippen molar-refractivity contribution in [1.82, 2.24) is 15.0 Å². The van der Waals surface area contributed by atoms with Gasteiger partial charge in [0.2, 0.25) is 0 Å². The fourth-order valence-electron chi connectivity index (χ4n) is 8.33. The van der Waals surface area contributed by atoms with Gasteiger partial charge in [0.05, 0.1) is 0 Å². The monoisotopic (exact) mass is 1030 g/mol. The van der Waals surface area contributed by atoms with Crippen molar-refractivity contribution in [2.24, 2.45) is 10.8 Å². The number of carbonyl (C=O) groups is 1. The van der Waals surface area contributed by atoms with Crippen LogP contribution in [0.25, 0.3) is 66.0 Å². The van der Waals surface area contributed by atoms with E-state index in [4.69, 9.17) is 14.4 Å². The second-order valence-corrected chi connectivity index (χ2v) is 28.1. The van der Waals surface area contributed by atoms with E-state index >= 15 is 0 Å². The van der Waals surface area contributed by atoms with E-state index in [1.807, 2.05) is 73.7 Å². The predicted octanol–water partition coefficient (Wildman–Crippen LogP) is 13.6. The number of benzene rings is 4. The minimum absolute atomic E-state index is 0. The van der Waals surface area contributed by atoms with Crippen molar-refractivity contribution in [1.29, 1.82) is 0 Å². The Balaban J connectivity index is 0.000000314. The predicted molar refractivity (Wildman–Crippen MR) is 247 cm³/mol. The van der Waals surface area contributed by atoms with Gasteiger partial charge in [-0.1, -0.05) is 47.6 Å². The van der Waals surface area contributed by atoms with Crippen LogP contribution in [-0.4, -0.2) is 39.1 Å². The molecule has 3 aromatic heterocycles. The molecule has 1 radical (unpaired) electrons. The largest absolute Gasteiger partial charge is 0.261 e. The van der Waals surface area contributed by atoms with Crippen molar-refractivity contribution < 1.29 is 34.4 Å². The fourth-order valence-corrected chi connectivity index (χ4v) is 13.6. The van der Waals surface area contributed by atoms with Gasteiger partial charge in [0.15, 0.2) is 5.78 Å². The van der Waals surface area contributed by atoms with Gasteiger partial charge < -0.3 is 5.11 Å². The summed E-state index contributed by atoms with van der Waals surface area (Å²) in [4.78, 5) is 26.7. The zero-order chi connectivity index (χ0) is 42.3. The van der Waals surface area contributed by atoms with Crippen molar-refractivity contribution in [2.45, 2.75) is 112 Å². The van der Waals surface area contributed by atoms with Crippen LogP contribution in [0.2, 0.25) is 17.3 Å². The molecule has 0 spiro atoms. The summed E-state index contributed by atoms with van der Waals surface area (Å²) in [5, 5.41) is 15.8. The van der Waals surface area contributed by atoms with Crippen molar-refractivity contribution in [3.63, 3.8) is 0 Å². The third-order valence-electron chi connectivity index (χ3n) is 12.8. The van der Waals surface area contributed by atoms with Gasteiger partial charge in [0.25, 0.3) is 0 Å². The van der Waals surface area contributed by atoms with Gasteiger partial charge >= 0.3 is 202 Å². The number of furan rings is 1. The van der Waals surface area contributed by atoms with Gasteiger partial charge in [-0.05, 0) is 38.7 Å². The molecule has 0 saturated heterocycles. The van der Waals surface area contributed by atoms with E-state index in [1.165, 1.54) is 28.0 Å². The Morgan fingerprint density at radius 2 is 1.46 bits per heavy atom. The number of aromatic nitrogens is 3. The van der Waals surface area contributed by atoms with Gasteiger partial charge in [-0.3, -0.25) is 9.78 Å². The summed E-state index contributed by atoms with van der Waals surface area (Å²) in [6, 6.07) is 24.8. The van der Waals surface area contributed by atoms with Crippen LogP contribution < -0.4 is 4.40 Å². The quantitative estimate of drug-likeness (QED) is 0.0483. The molecular formula is C51H60GeIrN3O3-. The Morgan fingerprint density at radius 3 is 2.07 bits per heavy atom. The second kappa shape index (κ2) is 17.8. The maximum absolute atomic E-state index is 12.2. The minimum Gasteiger partial charge on any atom is -0.261 e. The normalized spacial score (nSPS) is 12.5. The summed E-state index contributed by atoms with van der Waals surface area (Å²) in [6.07, 6.45) is 6.67. The Morgan fingerprint density at radius 1 is 0.814 bits per heavy atom. The summed E-state index contributed by atoms with van der Waals surface area (Å²) in [5.41, 5.74) is 9.68. The van der Waals surface area contributed by atoms with Crippen LogP contribution in [0.1, 0.15) is 89.9 Å². The first kappa shape index (κ1) is 45.9. The van der Waals surface area contributed by atoms with Crippen LogP contribution in [0.5, 0.6) is 0 Å².